The Morgan fingerprint density at radius 3 is 2.10 bits per heavy atom. The van der Waals surface area contributed by atoms with Crippen molar-refractivity contribution in [1.29, 1.82) is 0 Å². The average molecular weight is 327 g/mol. The van der Waals surface area contributed by atoms with E-state index in [9.17, 15) is 0 Å². The zero-order valence-corrected chi connectivity index (χ0v) is 15.0. The summed E-state index contributed by atoms with van der Waals surface area (Å²) in [5.41, 5.74) is 0.189. The van der Waals surface area contributed by atoms with E-state index in [4.69, 9.17) is 23.8 Å². The van der Waals surface area contributed by atoms with E-state index in [-0.39, 0.29) is 5.54 Å². The molecule has 0 bridgehead atoms. The van der Waals surface area contributed by atoms with Gasteiger partial charge in [0.1, 0.15) is 5.66 Å². The lowest BCUT2D eigenvalue weighted by molar-refractivity contribution is 0.416. The minimum atomic E-state index is -0.564. The zero-order valence-electron chi connectivity index (χ0n) is 13.4. The van der Waals surface area contributed by atoms with Gasteiger partial charge in [0.05, 0.1) is 5.54 Å². The molecule has 0 saturated heterocycles. The van der Waals surface area contributed by atoms with Gasteiger partial charge in [-0.1, -0.05) is 11.6 Å². The first kappa shape index (κ1) is 17.9. The molecule has 0 radical (unpaired) electrons. The van der Waals surface area contributed by atoms with E-state index in [0.717, 1.165) is 5.69 Å². The van der Waals surface area contributed by atoms with Gasteiger partial charge in [0, 0.05) is 17.8 Å². The van der Waals surface area contributed by atoms with E-state index in [1.165, 1.54) is 0 Å². The number of rotatable bonds is 3. The summed E-state index contributed by atoms with van der Waals surface area (Å²) >= 11 is 11.3. The number of hydrogen-bond donors (Lipinski definition) is 1. The molecule has 1 rings (SSSR count). The van der Waals surface area contributed by atoms with Gasteiger partial charge in [-0.3, -0.25) is 0 Å². The molecule has 6 heteroatoms. The molecule has 0 aromatic heterocycles. The number of halogens is 1. The Kier molecular flexibility index (Phi) is 5.70. The molecule has 0 aliphatic carbocycles. The summed E-state index contributed by atoms with van der Waals surface area (Å²) in [6, 6.07) is 7.50. The first-order chi connectivity index (χ1) is 9.50. The van der Waals surface area contributed by atoms with Crippen LogP contribution in [-0.2, 0) is 0 Å². The molecular weight excluding hydrogens is 304 g/mol. The van der Waals surface area contributed by atoms with Gasteiger partial charge in [-0.25, -0.2) is 0 Å². The predicted octanol–water partition coefficient (Wildman–Crippen LogP) is 4.64. The Bertz CT molecular complexity index is 517. The average Bonchev–Trinajstić information content (AvgIpc) is 2.35. The molecule has 0 aliphatic heterocycles. The van der Waals surface area contributed by atoms with Crippen LogP contribution >= 0.6 is 23.8 Å². The summed E-state index contributed by atoms with van der Waals surface area (Å²) in [5, 5.41) is 13.1. The highest BCUT2D eigenvalue weighted by Gasteiger charge is 2.21. The van der Waals surface area contributed by atoms with Crippen molar-refractivity contribution in [3.63, 3.8) is 0 Å². The number of azo groups is 1. The van der Waals surface area contributed by atoms with Crippen LogP contribution in [0.2, 0.25) is 5.02 Å². The Hall–Kier alpha value is -1.20. The van der Waals surface area contributed by atoms with Crippen molar-refractivity contribution in [3.05, 3.63) is 29.3 Å². The minimum absolute atomic E-state index is 0.206. The standard InChI is InChI=1S/C15H23ClN4S/c1-14(2,3)18-19-15(4,5)17-13(21)20(6)12-9-7-11(16)8-10-12/h7-10H,1-6H3,(H,17,21)/b19-18+. The Labute approximate surface area is 137 Å². The van der Waals surface area contributed by atoms with Crippen LogP contribution in [0, 0.1) is 0 Å². The molecule has 0 saturated carbocycles. The fourth-order valence-electron chi connectivity index (χ4n) is 1.43. The molecule has 0 heterocycles. The van der Waals surface area contributed by atoms with Crippen molar-refractivity contribution in [3.8, 4) is 0 Å². The van der Waals surface area contributed by atoms with E-state index in [1.54, 1.807) is 0 Å². The van der Waals surface area contributed by atoms with Crippen molar-refractivity contribution in [2.75, 3.05) is 11.9 Å². The van der Waals surface area contributed by atoms with Gasteiger partial charge in [0.15, 0.2) is 5.11 Å². The van der Waals surface area contributed by atoms with Crippen LogP contribution in [0.1, 0.15) is 34.6 Å². The monoisotopic (exact) mass is 326 g/mol. The molecule has 0 spiro atoms. The third-order valence-electron chi connectivity index (χ3n) is 2.53. The van der Waals surface area contributed by atoms with Crippen molar-refractivity contribution in [2.45, 2.75) is 45.8 Å². The molecule has 0 fully saturated rings. The highest BCUT2D eigenvalue weighted by molar-refractivity contribution is 7.80. The lowest BCUT2D eigenvalue weighted by Gasteiger charge is -2.28. The van der Waals surface area contributed by atoms with Crippen LogP contribution in [0.15, 0.2) is 34.5 Å². The van der Waals surface area contributed by atoms with E-state index in [1.807, 2.05) is 70.8 Å². The normalized spacial score (nSPS) is 12.5. The predicted molar refractivity (Wildman–Crippen MR) is 94.3 cm³/mol. The molecule has 0 amide bonds. The van der Waals surface area contributed by atoms with Crippen molar-refractivity contribution < 1.29 is 0 Å². The molecule has 0 aliphatic rings. The quantitative estimate of drug-likeness (QED) is 0.650. The molecule has 1 aromatic rings. The highest BCUT2D eigenvalue weighted by atomic mass is 35.5. The molecular formula is C15H23ClN4S. The van der Waals surface area contributed by atoms with Crippen molar-refractivity contribution >= 4 is 34.6 Å². The molecule has 4 nitrogen and oxygen atoms in total. The zero-order chi connectivity index (χ0) is 16.3. The summed E-state index contributed by atoms with van der Waals surface area (Å²) < 4.78 is 0. The number of hydrogen-bond acceptors (Lipinski definition) is 3. The third-order valence-corrected chi connectivity index (χ3v) is 3.16. The molecule has 0 atom stereocenters. The van der Waals surface area contributed by atoms with Gasteiger partial charge in [0.2, 0.25) is 0 Å². The van der Waals surface area contributed by atoms with E-state index in [0.29, 0.717) is 10.1 Å². The van der Waals surface area contributed by atoms with Gasteiger partial charge in [-0.15, -0.1) is 0 Å². The number of thiocarbonyl (C=S) groups is 1. The Morgan fingerprint density at radius 2 is 1.62 bits per heavy atom. The van der Waals surface area contributed by atoms with Crippen LogP contribution in [0.25, 0.3) is 0 Å². The first-order valence-corrected chi connectivity index (χ1v) is 7.54. The lowest BCUT2D eigenvalue weighted by Crippen LogP contribution is -2.47. The fraction of sp³-hybridized carbons (Fsp3) is 0.533. The van der Waals surface area contributed by atoms with Crippen LogP contribution in [0.4, 0.5) is 5.69 Å². The number of anilines is 1. The largest absolute Gasteiger partial charge is 0.337 e. The topological polar surface area (TPSA) is 40.0 Å². The maximum atomic E-state index is 5.89. The Morgan fingerprint density at radius 1 is 1.10 bits per heavy atom. The molecule has 116 valence electrons. The number of nitrogens with one attached hydrogen (secondary N) is 1. The van der Waals surface area contributed by atoms with Gasteiger partial charge < -0.3 is 10.2 Å². The molecule has 1 aromatic carbocycles. The van der Waals surface area contributed by atoms with Crippen LogP contribution in [-0.4, -0.2) is 23.4 Å². The van der Waals surface area contributed by atoms with E-state index >= 15 is 0 Å². The van der Waals surface area contributed by atoms with E-state index in [2.05, 4.69) is 15.5 Å². The summed E-state index contributed by atoms with van der Waals surface area (Å²) in [7, 11) is 1.90. The van der Waals surface area contributed by atoms with Crippen LogP contribution < -0.4 is 10.2 Å². The maximum Gasteiger partial charge on any atom is 0.175 e. The Balaban J connectivity index is 2.75. The summed E-state index contributed by atoms with van der Waals surface area (Å²) in [5.74, 6) is 0. The molecule has 1 N–H and O–H groups in total. The maximum absolute atomic E-state index is 5.89. The van der Waals surface area contributed by atoms with Gasteiger partial charge >= 0.3 is 0 Å². The lowest BCUT2D eigenvalue weighted by atomic mass is 10.1. The summed E-state index contributed by atoms with van der Waals surface area (Å²) in [4.78, 5) is 1.88. The highest BCUT2D eigenvalue weighted by Crippen LogP contribution is 2.18. The van der Waals surface area contributed by atoms with Crippen LogP contribution in [0.5, 0.6) is 0 Å². The number of nitrogens with zero attached hydrogens (tertiary/aromatic N) is 3. The van der Waals surface area contributed by atoms with Crippen molar-refractivity contribution in [1.82, 2.24) is 5.32 Å². The number of benzene rings is 1. The summed E-state index contributed by atoms with van der Waals surface area (Å²) in [6.45, 7) is 9.88. The second-order valence-electron chi connectivity index (χ2n) is 6.40. The third kappa shape index (κ3) is 6.40. The second kappa shape index (κ2) is 6.71. The van der Waals surface area contributed by atoms with E-state index < -0.39 is 5.66 Å². The first-order valence-electron chi connectivity index (χ1n) is 6.76. The van der Waals surface area contributed by atoms with Gasteiger partial charge in [-0.2, -0.15) is 10.2 Å². The molecule has 21 heavy (non-hydrogen) atoms. The fourth-order valence-corrected chi connectivity index (χ4v) is 1.91. The van der Waals surface area contributed by atoms with Crippen LogP contribution in [0.3, 0.4) is 0 Å². The minimum Gasteiger partial charge on any atom is -0.337 e. The SMILES string of the molecule is CN(C(=S)NC(C)(C)/N=N/C(C)(C)C)c1ccc(Cl)cc1. The smallest absolute Gasteiger partial charge is 0.175 e. The van der Waals surface area contributed by atoms with Gasteiger partial charge in [-0.05, 0) is 71.1 Å². The molecule has 0 unspecified atom stereocenters. The second-order valence-corrected chi connectivity index (χ2v) is 7.22. The van der Waals surface area contributed by atoms with Crippen molar-refractivity contribution in [2.24, 2.45) is 10.2 Å². The summed E-state index contributed by atoms with van der Waals surface area (Å²) in [6.07, 6.45) is 0. The van der Waals surface area contributed by atoms with Gasteiger partial charge in [0.25, 0.3) is 0 Å².